The van der Waals surface area contributed by atoms with E-state index in [-0.39, 0.29) is 16.7 Å². The van der Waals surface area contributed by atoms with Crippen LogP contribution in [-0.2, 0) is 4.74 Å². The molecule has 0 aromatic heterocycles. The molecule has 0 radical (unpaired) electrons. The second kappa shape index (κ2) is 7.73. The monoisotopic (exact) mass is 379 g/mol. The zero-order valence-corrected chi connectivity index (χ0v) is 16.2. The van der Waals surface area contributed by atoms with Crippen LogP contribution in [0.15, 0.2) is 42.5 Å². The molecule has 146 valence electrons. The summed E-state index contributed by atoms with van der Waals surface area (Å²) in [4.78, 5) is 15.6. The molecule has 2 aliphatic rings. The van der Waals surface area contributed by atoms with Crippen molar-refractivity contribution in [3.8, 4) is 0 Å². The van der Waals surface area contributed by atoms with E-state index < -0.39 is 0 Å². The van der Waals surface area contributed by atoms with Crippen molar-refractivity contribution in [2.24, 2.45) is 0 Å². The number of benzene rings is 2. The molecular weight excluding hydrogens is 354 g/mol. The molecule has 0 spiro atoms. The Morgan fingerprint density at radius 2 is 1.89 bits per heavy atom. The zero-order valence-electron chi connectivity index (χ0n) is 16.2. The van der Waals surface area contributed by atoms with Crippen LogP contribution in [0.2, 0.25) is 0 Å². The van der Waals surface area contributed by atoms with Gasteiger partial charge < -0.3 is 9.64 Å². The van der Waals surface area contributed by atoms with Crippen LogP contribution >= 0.6 is 0 Å². The highest BCUT2D eigenvalue weighted by Gasteiger charge is 2.28. The van der Waals surface area contributed by atoms with Crippen molar-refractivity contribution >= 4 is 29.2 Å². The molecule has 0 N–H and O–H groups in total. The van der Waals surface area contributed by atoms with Crippen molar-refractivity contribution < 1.29 is 9.66 Å². The summed E-state index contributed by atoms with van der Waals surface area (Å²) >= 11 is 0. The number of fused-ring (bicyclic) bond motifs is 2. The van der Waals surface area contributed by atoms with E-state index in [1.165, 1.54) is 0 Å². The number of nitro benzene ring substituents is 1. The zero-order chi connectivity index (χ0) is 19.7. The van der Waals surface area contributed by atoms with Gasteiger partial charge in [0.25, 0.3) is 5.69 Å². The first-order valence-electron chi connectivity index (χ1n) is 9.71. The highest BCUT2D eigenvalue weighted by Crippen LogP contribution is 2.38. The number of morpholine rings is 1. The normalized spacial score (nSPS) is 19.2. The molecular formula is C22H25N3O3. The number of nitro groups is 1. The van der Waals surface area contributed by atoms with E-state index in [1.807, 2.05) is 24.3 Å². The lowest BCUT2D eigenvalue weighted by molar-refractivity contribution is -0.384. The lowest BCUT2D eigenvalue weighted by atomic mass is 10.1. The third kappa shape index (κ3) is 3.66. The predicted molar refractivity (Wildman–Crippen MR) is 112 cm³/mol. The van der Waals surface area contributed by atoms with Crippen LogP contribution in [0.4, 0.5) is 17.1 Å². The topological polar surface area (TPSA) is 58.8 Å². The van der Waals surface area contributed by atoms with E-state index in [1.54, 1.807) is 12.1 Å². The summed E-state index contributed by atoms with van der Waals surface area (Å²) in [6.07, 6.45) is 4.14. The Morgan fingerprint density at radius 3 is 2.64 bits per heavy atom. The van der Waals surface area contributed by atoms with Gasteiger partial charge in [0.05, 0.1) is 29.9 Å². The van der Waals surface area contributed by atoms with Gasteiger partial charge in [-0.05, 0) is 37.1 Å². The maximum atomic E-state index is 11.4. The van der Waals surface area contributed by atoms with Crippen LogP contribution in [0.3, 0.4) is 0 Å². The van der Waals surface area contributed by atoms with Gasteiger partial charge in [-0.25, -0.2) is 0 Å². The Kier molecular flexibility index (Phi) is 5.15. The van der Waals surface area contributed by atoms with Gasteiger partial charge in [-0.3, -0.25) is 15.0 Å². The molecule has 0 saturated carbocycles. The standard InChI is InChI=1S/C22H25N3O3/c1-16(2)23-11-12-28-20(14-23)15-24-21-6-4-3-5-17(21)7-8-18-9-10-19(25(26)27)13-22(18)24/h3-10,13,16,20H,11-12,14-15H2,1-2H3. The number of rotatable bonds is 4. The SMILES string of the molecule is CC(C)N1CCOC(CN2c3ccccc3C=Cc3ccc([N+](=O)[O-])cc32)C1. The maximum Gasteiger partial charge on any atom is 0.271 e. The third-order valence-corrected chi connectivity index (χ3v) is 5.47. The van der Waals surface area contributed by atoms with Gasteiger partial charge in [0.1, 0.15) is 0 Å². The number of hydrogen-bond acceptors (Lipinski definition) is 5. The average Bonchev–Trinajstić information content (AvgIpc) is 2.85. The summed E-state index contributed by atoms with van der Waals surface area (Å²) < 4.78 is 6.07. The summed E-state index contributed by atoms with van der Waals surface area (Å²) in [6, 6.07) is 13.7. The molecule has 6 heteroatoms. The molecule has 1 saturated heterocycles. The fraction of sp³-hybridized carbons (Fsp3) is 0.364. The largest absolute Gasteiger partial charge is 0.374 e. The molecule has 0 bridgehead atoms. The highest BCUT2D eigenvalue weighted by atomic mass is 16.6. The molecule has 28 heavy (non-hydrogen) atoms. The summed E-state index contributed by atoms with van der Waals surface area (Å²) in [5.41, 5.74) is 4.06. The van der Waals surface area contributed by atoms with Gasteiger partial charge in [-0.15, -0.1) is 0 Å². The predicted octanol–water partition coefficient (Wildman–Crippen LogP) is 4.33. The maximum absolute atomic E-state index is 11.4. The molecule has 2 heterocycles. The summed E-state index contributed by atoms with van der Waals surface area (Å²) in [6.45, 7) is 7.55. The van der Waals surface area contributed by atoms with E-state index in [2.05, 4.69) is 41.9 Å². The number of nitrogens with zero attached hydrogens (tertiary/aromatic N) is 3. The smallest absolute Gasteiger partial charge is 0.271 e. The minimum atomic E-state index is -0.337. The molecule has 0 amide bonds. The van der Waals surface area contributed by atoms with Crippen LogP contribution in [0.1, 0.15) is 25.0 Å². The molecule has 4 rings (SSSR count). The summed E-state index contributed by atoms with van der Waals surface area (Å²) in [5, 5.41) is 11.4. The molecule has 1 unspecified atom stereocenters. The Balaban J connectivity index is 1.73. The van der Waals surface area contributed by atoms with Crippen LogP contribution in [0.25, 0.3) is 12.2 Å². The number of para-hydroxylation sites is 1. The van der Waals surface area contributed by atoms with E-state index in [0.717, 1.165) is 35.6 Å². The Bertz CT molecular complexity index is 910. The lowest BCUT2D eigenvalue weighted by Gasteiger charge is -2.38. The minimum absolute atomic E-state index is 0.0365. The number of hydrogen-bond donors (Lipinski definition) is 0. The fourth-order valence-electron chi connectivity index (χ4n) is 3.93. The molecule has 1 atom stereocenters. The lowest BCUT2D eigenvalue weighted by Crippen LogP contribution is -2.49. The van der Waals surface area contributed by atoms with Gasteiger partial charge in [-0.2, -0.15) is 0 Å². The van der Waals surface area contributed by atoms with Gasteiger partial charge in [0.15, 0.2) is 0 Å². The number of ether oxygens (including phenoxy) is 1. The number of non-ortho nitro benzene ring substituents is 1. The van der Waals surface area contributed by atoms with E-state index in [0.29, 0.717) is 19.2 Å². The van der Waals surface area contributed by atoms with Crippen LogP contribution in [0.5, 0.6) is 0 Å². The molecule has 2 aromatic rings. The Morgan fingerprint density at radius 1 is 1.14 bits per heavy atom. The quantitative estimate of drug-likeness (QED) is 0.585. The minimum Gasteiger partial charge on any atom is -0.374 e. The Hall–Kier alpha value is -2.70. The van der Waals surface area contributed by atoms with Crippen LogP contribution in [-0.4, -0.2) is 48.2 Å². The first-order valence-corrected chi connectivity index (χ1v) is 9.71. The fourth-order valence-corrected chi connectivity index (χ4v) is 3.93. The second-order valence-electron chi connectivity index (χ2n) is 7.58. The van der Waals surface area contributed by atoms with Gasteiger partial charge >= 0.3 is 0 Å². The molecule has 2 aromatic carbocycles. The van der Waals surface area contributed by atoms with E-state index in [4.69, 9.17) is 4.74 Å². The van der Waals surface area contributed by atoms with E-state index in [9.17, 15) is 10.1 Å². The molecule has 2 aliphatic heterocycles. The molecule has 0 aliphatic carbocycles. The van der Waals surface area contributed by atoms with Crippen molar-refractivity contribution in [1.82, 2.24) is 4.90 Å². The number of anilines is 2. The third-order valence-electron chi connectivity index (χ3n) is 5.47. The summed E-state index contributed by atoms with van der Waals surface area (Å²) in [5.74, 6) is 0. The molecule has 1 fully saturated rings. The summed E-state index contributed by atoms with van der Waals surface area (Å²) in [7, 11) is 0. The van der Waals surface area contributed by atoms with Gasteiger partial charge in [-0.1, -0.05) is 30.4 Å². The van der Waals surface area contributed by atoms with Crippen molar-refractivity contribution in [2.75, 3.05) is 31.1 Å². The van der Waals surface area contributed by atoms with Gasteiger partial charge in [0.2, 0.25) is 0 Å². The van der Waals surface area contributed by atoms with Crippen molar-refractivity contribution in [3.63, 3.8) is 0 Å². The van der Waals surface area contributed by atoms with Crippen molar-refractivity contribution in [3.05, 3.63) is 63.7 Å². The average molecular weight is 379 g/mol. The van der Waals surface area contributed by atoms with Crippen LogP contribution in [0, 0.1) is 10.1 Å². The first kappa shape index (κ1) is 18.7. The van der Waals surface area contributed by atoms with Crippen molar-refractivity contribution in [1.29, 1.82) is 0 Å². The van der Waals surface area contributed by atoms with Crippen molar-refractivity contribution in [2.45, 2.75) is 26.0 Å². The van der Waals surface area contributed by atoms with Gasteiger partial charge in [0, 0.05) is 37.0 Å². The Labute approximate surface area is 165 Å². The highest BCUT2D eigenvalue weighted by molar-refractivity contribution is 5.89. The second-order valence-corrected chi connectivity index (χ2v) is 7.58. The molecule has 6 nitrogen and oxygen atoms in total. The first-order chi connectivity index (χ1) is 13.5. The van der Waals surface area contributed by atoms with E-state index >= 15 is 0 Å². The van der Waals surface area contributed by atoms with Crippen LogP contribution < -0.4 is 4.90 Å².